The highest BCUT2D eigenvalue weighted by Gasteiger charge is 2.48. The van der Waals surface area contributed by atoms with Gasteiger partial charge in [0, 0.05) is 62.1 Å². The molecule has 4 aromatic rings. The Kier molecular flexibility index (Phi) is 7.89. The van der Waals surface area contributed by atoms with Gasteiger partial charge in [-0.3, -0.25) is 24.4 Å². The Morgan fingerprint density at radius 1 is 1.04 bits per heavy atom. The number of carbonyl (C=O) groups excluding carboxylic acids is 3. The summed E-state index contributed by atoms with van der Waals surface area (Å²) in [7, 11) is 3.42. The molecular weight excluding hydrogens is 651 g/mol. The van der Waals surface area contributed by atoms with E-state index in [-0.39, 0.29) is 61.0 Å². The van der Waals surface area contributed by atoms with E-state index in [0.717, 1.165) is 11.3 Å². The number of aryl methyl sites for hydroxylation is 1. The van der Waals surface area contributed by atoms with Gasteiger partial charge in [-0.2, -0.15) is 23.3 Å². The Bertz CT molecular complexity index is 1970. The molecule has 12 nitrogen and oxygen atoms in total. The second-order valence-electron chi connectivity index (χ2n) is 12.3. The lowest BCUT2D eigenvalue weighted by Gasteiger charge is -2.40. The Labute approximate surface area is 277 Å². The number of piperidine rings is 2. The van der Waals surface area contributed by atoms with Gasteiger partial charge >= 0.3 is 6.18 Å². The smallest absolute Gasteiger partial charge is 0.381 e. The third-order valence-electron chi connectivity index (χ3n) is 9.27. The van der Waals surface area contributed by atoms with Crippen LogP contribution in [0.3, 0.4) is 0 Å². The number of hydrogen-bond acceptors (Lipinski definition) is 9. The molecule has 2 aromatic heterocycles. The van der Waals surface area contributed by atoms with Gasteiger partial charge in [0.1, 0.15) is 5.02 Å². The second-order valence-corrected chi connectivity index (χ2v) is 12.7. The van der Waals surface area contributed by atoms with E-state index in [2.05, 4.69) is 31.0 Å². The predicted molar refractivity (Wildman–Crippen MR) is 174 cm³/mol. The van der Waals surface area contributed by atoms with Gasteiger partial charge in [0.25, 0.3) is 0 Å². The fourth-order valence-corrected chi connectivity index (χ4v) is 6.86. The van der Waals surface area contributed by atoms with Crippen molar-refractivity contribution in [2.75, 3.05) is 40.6 Å². The molecule has 2 unspecified atom stereocenters. The van der Waals surface area contributed by atoms with Gasteiger partial charge in [0.05, 0.1) is 35.7 Å². The van der Waals surface area contributed by atoms with Crippen molar-refractivity contribution in [1.29, 1.82) is 0 Å². The van der Waals surface area contributed by atoms with Crippen LogP contribution in [0.4, 0.5) is 42.0 Å². The van der Waals surface area contributed by atoms with Crippen LogP contribution in [0, 0.1) is 5.92 Å². The lowest BCUT2D eigenvalue weighted by Crippen LogP contribution is -2.52. The zero-order valence-electron chi connectivity index (χ0n) is 25.9. The first-order valence-corrected chi connectivity index (χ1v) is 15.8. The van der Waals surface area contributed by atoms with Crippen molar-refractivity contribution in [1.82, 2.24) is 25.1 Å². The summed E-state index contributed by atoms with van der Waals surface area (Å²) in [6, 6.07) is 9.64. The summed E-state index contributed by atoms with van der Waals surface area (Å²) in [6.07, 6.45) is -2.20. The summed E-state index contributed by atoms with van der Waals surface area (Å²) < 4.78 is 45.2. The SMILES string of the molecule is CN1C(=O)Cc2cc(Nc3nc(N4CC[C@@H](Nc5ccc6c(C7CCC(=O)NC7=O)nn(C)c6c5)C(C(F)(F)F)C4)ncc3Cl)ccc21. The number of nitrogens with zero attached hydrogens (tertiary/aromatic N) is 6. The molecule has 2 saturated heterocycles. The number of amides is 3. The third-order valence-corrected chi connectivity index (χ3v) is 9.54. The van der Waals surface area contributed by atoms with Crippen molar-refractivity contribution in [3.8, 4) is 0 Å². The Morgan fingerprint density at radius 2 is 1.83 bits per heavy atom. The van der Waals surface area contributed by atoms with Crippen LogP contribution in [0.5, 0.6) is 0 Å². The number of anilines is 5. The highest BCUT2D eigenvalue weighted by atomic mass is 35.5. The number of carbonyl (C=O) groups is 3. The molecule has 2 aromatic carbocycles. The van der Waals surface area contributed by atoms with Gasteiger partial charge in [-0.05, 0) is 54.8 Å². The summed E-state index contributed by atoms with van der Waals surface area (Å²) in [5, 5.41) is 14.0. The van der Waals surface area contributed by atoms with Gasteiger partial charge in [-0.1, -0.05) is 11.6 Å². The van der Waals surface area contributed by atoms with Gasteiger partial charge in [-0.25, -0.2) is 4.98 Å². The molecule has 0 bridgehead atoms. The Hall–Kier alpha value is -4.92. The lowest BCUT2D eigenvalue weighted by atomic mass is 9.91. The summed E-state index contributed by atoms with van der Waals surface area (Å²) >= 11 is 6.38. The first kappa shape index (κ1) is 31.7. The van der Waals surface area contributed by atoms with Gasteiger partial charge in [0.15, 0.2) is 5.82 Å². The minimum atomic E-state index is -4.52. The molecule has 0 aliphatic carbocycles. The zero-order valence-corrected chi connectivity index (χ0v) is 26.7. The van der Waals surface area contributed by atoms with Crippen molar-refractivity contribution < 1.29 is 27.6 Å². The first-order chi connectivity index (χ1) is 22.9. The van der Waals surface area contributed by atoms with E-state index in [1.165, 1.54) is 11.1 Å². The quantitative estimate of drug-likeness (QED) is 0.248. The molecule has 2 fully saturated rings. The lowest BCUT2D eigenvalue weighted by molar-refractivity contribution is -0.178. The molecule has 0 radical (unpaired) electrons. The Balaban J connectivity index is 1.08. The maximum atomic E-state index is 14.5. The number of nitrogens with one attached hydrogen (secondary N) is 3. The number of likely N-dealkylation sites (N-methyl/N-ethyl adjacent to an activating group) is 1. The zero-order chi connectivity index (χ0) is 33.9. The molecule has 250 valence electrons. The van der Waals surface area contributed by atoms with E-state index in [1.54, 1.807) is 47.9 Å². The monoisotopic (exact) mass is 681 g/mol. The van der Waals surface area contributed by atoms with Gasteiger partial charge in [0.2, 0.25) is 23.7 Å². The van der Waals surface area contributed by atoms with Crippen molar-refractivity contribution in [3.63, 3.8) is 0 Å². The average Bonchev–Trinajstić information content (AvgIpc) is 3.51. The number of hydrogen-bond donors (Lipinski definition) is 3. The summed E-state index contributed by atoms with van der Waals surface area (Å²) in [6.45, 7) is -0.116. The number of rotatable bonds is 6. The largest absolute Gasteiger partial charge is 0.395 e. The normalized spacial score (nSPS) is 21.5. The van der Waals surface area contributed by atoms with Crippen LogP contribution in [0.25, 0.3) is 10.9 Å². The van der Waals surface area contributed by atoms with E-state index in [9.17, 15) is 27.6 Å². The molecule has 5 heterocycles. The number of aromatic nitrogens is 4. The van der Waals surface area contributed by atoms with Crippen LogP contribution in [0.1, 0.15) is 36.4 Å². The molecule has 3 N–H and O–H groups in total. The highest BCUT2D eigenvalue weighted by molar-refractivity contribution is 6.33. The molecule has 16 heteroatoms. The molecular formula is C32H31ClF3N9O3. The molecule has 3 amide bonds. The van der Waals surface area contributed by atoms with Crippen LogP contribution in [-0.4, -0.2) is 69.8 Å². The number of benzene rings is 2. The number of fused-ring (bicyclic) bond motifs is 2. The highest BCUT2D eigenvalue weighted by Crippen LogP contribution is 2.38. The van der Waals surface area contributed by atoms with E-state index in [1.807, 2.05) is 12.1 Å². The number of halogens is 4. The van der Waals surface area contributed by atoms with Crippen LogP contribution in [0.15, 0.2) is 42.6 Å². The van der Waals surface area contributed by atoms with E-state index in [4.69, 9.17) is 11.6 Å². The summed E-state index contributed by atoms with van der Waals surface area (Å²) in [4.78, 5) is 48.0. The molecule has 3 aliphatic heterocycles. The van der Waals surface area contributed by atoms with Crippen LogP contribution < -0.4 is 25.8 Å². The average molecular weight is 682 g/mol. The molecule has 7 rings (SSSR count). The van der Waals surface area contributed by atoms with Gasteiger partial charge < -0.3 is 20.4 Å². The molecule has 48 heavy (non-hydrogen) atoms. The summed E-state index contributed by atoms with van der Waals surface area (Å²) in [5.74, 6) is -2.72. The maximum Gasteiger partial charge on any atom is 0.395 e. The summed E-state index contributed by atoms with van der Waals surface area (Å²) in [5.41, 5.74) is 3.96. The fourth-order valence-electron chi connectivity index (χ4n) is 6.72. The first-order valence-electron chi connectivity index (χ1n) is 15.4. The third kappa shape index (κ3) is 5.86. The minimum absolute atomic E-state index is 0.0157. The van der Waals surface area contributed by atoms with Crippen LogP contribution in [-0.2, 0) is 27.9 Å². The van der Waals surface area contributed by atoms with Crippen LogP contribution >= 0.6 is 11.6 Å². The number of imide groups is 1. The van der Waals surface area contributed by atoms with Crippen LogP contribution in [0.2, 0.25) is 5.02 Å². The van der Waals surface area contributed by atoms with Crippen molar-refractivity contribution >= 4 is 69.1 Å². The molecule has 3 aliphatic rings. The van der Waals surface area contributed by atoms with E-state index < -0.39 is 30.0 Å². The molecule has 0 saturated carbocycles. The number of alkyl halides is 3. The fraction of sp³-hybridized carbons (Fsp3) is 0.375. The predicted octanol–water partition coefficient (Wildman–Crippen LogP) is 4.67. The standard InChI is InChI=1S/C32H31ClF3N9O3/c1-43-24-7-4-17(11-16(24)12-27(43)47)39-29-22(33)14-37-31(41-29)45-10-9-23(21(15-45)32(34,35)36)38-18-3-5-19-25(13-18)44(2)42-28(19)20-6-8-26(46)40-30(20)48/h3-5,7,11,13-14,20-21,23,38H,6,8-10,12,15H2,1-2H3,(H,37,39,41)(H,40,46,48)/t20?,21?,23-/m1/s1. The van der Waals surface area contributed by atoms with Crippen molar-refractivity contribution in [2.45, 2.75) is 43.8 Å². The topological polar surface area (TPSA) is 137 Å². The van der Waals surface area contributed by atoms with Crippen molar-refractivity contribution in [2.24, 2.45) is 13.0 Å². The Morgan fingerprint density at radius 3 is 2.60 bits per heavy atom. The maximum absolute atomic E-state index is 14.5. The molecule has 3 atom stereocenters. The van der Waals surface area contributed by atoms with E-state index in [0.29, 0.717) is 34.4 Å². The van der Waals surface area contributed by atoms with Crippen molar-refractivity contribution in [3.05, 3.63) is 58.9 Å². The molecule has 0 spiro atoms. The van der Waals surface area contributed by atoms with Gasteiger partial charge in [-0.15, -0.1) is 0 Å². The minimum Gasteiger partial charge on any atom is -0.381 e. The second kappa shape index (κ2) is 12.0. The van der Waals surface area contributed by atoms with E-state index >= 15 is 0 Å².